The number of benzene rings is 1. The van der Waals surface area contributed by atoms with Gasteiger partial charge >= 0.3 is 0 Å². The summed E-state index contributed by atoms with van der Waals surface area (Å²) in [5.41, 5.74) is 5.61. The molecule has 2 aliphatic rings. The average molecular weight is 526 g/mol. The molecular formula is C26H29BrN4OS. The van der Waals surface area contributed by atoms with Crippen LogP contribution < -0.4 is 0 Å². The average Bonchev–Trinajstić information content (AvgIpc) is 3.41. The van der Waals surface area contributed by atoms with E-state index in [-0.39, 0.29) is 23.2 Å². The van der Waals surface area contributed by atoms with E-state index >= 15 is 0 Å². The Hall–Kier alpha value is -2.12. The fraction of sp³-hybridized carbons (Fsp3) is 0.423. The fourth-order valence-electron chi connectivity index (χ4n) is 5.02. The molecule has 1 amide bonds. The largest absolute Gasteiger partial charge is 0.337 e. The Morgan fingerprint density at radius 2 is 1.91 bits per heavy atom. The van der Waals surface area contributed by atoms with Gasteiger partial charge in [-0.2, -0.15) is 0 Å². The molecule has 0 saturated carbocycles. The number of amides is 1. The van der Waals surface area contributed by atoms with Crippen molar-refractivity contribution in [2.75, 3.05) is 6.54 Å². The molecule has 33 heavy (non-hydrogen) atoms. The third kappa shape index (κ3) is 4.37. The van der Waals surface area contributed by atoms with Gasteiger partial charge < -0.3 is 9.30 Å². The van der Waals surface area contributed by atoms with Gasteiger partial charge in [0.05, 0.1) is 16.0 Å². The molecule has 1 fully saturated rings. The zero-order valence-electron chi connectivity index (χ0n) is 19.3. The van der Waals surface area contributed by atoms with Crippen molar-refractivity contribution in [3.8, 4) is 0 Å². The number of hydrogen-bond acceptors (Lipinski definition) is 4. The van der Waals surface area contributed by atoms with Crippen LogP contribution in [0.25, 0.3) is 5.65 Å². The van der Waals surface area contributed by atoms with Crippen molar-refractivity contribution in [2.24, 2.45) is 4.99 Å². The number of carbonyl (C=O) groups is 1. The van der Waals surface area contributed by atoms with Crippen LogP contribution in [0, 0.1) is 13.8 Å². The summed E-state index contributed by atoms with van der Waals surface area (Å²) < 4.78 is 3.19. The number of imidazole rings is 1. The molecule has 3 aromatic rings. The Morgan fingerprint density at radius 3 is 2.70 bits per heavy atom. The van der Waals surface area contributed by atoms with E-state index in [0.717, 1.165) is 53.1 Å². The molecule has 4 heterocycles. The van der Waals surface area contributed by atoms with E-state index in [0.29, 0.717) is 0 Å². The first-order chi connectivity index (χ1) is 15.9. The van der Waals surface area contributed by atoms with Crippen molar-refractivity contribution in [2.45, 2.75) is 63.8 Å². The summed E-state index contributed by atoms with van der Waals surface area (Å²) in [6.07, 6.45) is 8.19. The Labute approximate surface area is 207 Å². The first kappa shape index (κ1) is 22.7. The first-order valence-electron chi connectivity index (χ1n) is 11.6. The highest BCUT2D eigenvalue weighted by Gasteiger charge is 2.40. The van der Waals surface area contributed by atoms with E-state index in [1.165, 1.54) is 16.7 Å². The second-order valence-corrected chi connectivity index (χ2v) is 11.3. The number of aromatic nitrogens is 2. The number of fused-ring (bicyclic) bond motifs is 1. The summed E-state index contributed by atoms with van der Waals surface area (Å²) in [5, 5.41) is 1.05. The van der Waals surface area contributed by atoms with Crippen LogP contribution in [0.3, 0.4) is 0 Å². The highest BCUT2D eigenvalue weighted by atomic mass is 79.9. The zero-order valence-corrected chi connectivity index (χ0v) is 21.7. The summed E-state index contributed by atoms with van der Waals surface area (Å²) >= 11 is 5.37. The lowest BCUT2D eigenvalue weighted by atomic mass is 9.96. The number of carbonyl (C=O) groups excluding carboxylic acids is 1. The maximum Gasteiger partial charge on any atom is 0.249 e. The normalized spacial score (nSPS) is 23.2. The van der Waals surface area contributed by atoms with E-state index in [2.05, 4.69) is 63.6 Å². The van der Waals surface area contributed by atoms with Crippen LogP contribution in [-0.2, 0) is 11.2 Å². The number of piperidine rings is 1. The number of thioether (sulfide) groups is 1. The topological polar surface area (TPSA) is 50.0 Å². The minimum absolute atomic E-state index is 0.0550. The molecule has 0 radical (unpaired) electrons. The first-order valence-corrected chi connectivity index (χ1v) is 13.3. The number of halogens is 1. The summed E-state index contributed by atoms with van der Waals surface area (Å²) in [4.78, 5) is 25.7. The predicted octanol–water partition coefficient (Wildman–Crippen LogP) is 5.91. The van der Waals surface area contributed by atoms with Crippen molar-refractivity contribution < 1.29 is 4.79 Å². The summed E-state index contributed by atoms with van der Waals surface area (Å²) in [6.45, 7) is 7.05. The number of aliphatic imine (C=N–C) groups is 1. The van der Waals surface area contributed by atoms with Crippen LogP contribution >= 0.6 is 27.7 Å². The van der Waals surface area contributed by atoms with Crippen molar-refractivity contribution in [3.63, 3.8) is 0 Å². The standard InChI is InChI=1S/C26H29BrN4OS/c1-16-17(2)25-29-20(14-30(25)15-22(16)27)13-21-11-7-8-12-31(21)26(32)23-24(33-18(3)28-23)19-9-5-4-6-10-19/h4-6,9-10,14-15,21,23-24H,7-8,11-13H2,1-3H3/t21-,23?,24?/m0/s1. The number of aryl methyl sites for hydroxylation is 1. The van der Waals surface area contributed by atoms with Crippen molar-refractivity contribution in [3.05, 3.63) is 69.6 Å². The van der Waals surface area contributed by atoms with Crippen LogP contribution in [0.5, 0.6) is 0 Å². The van der Waals surface area contributed by atoms with Crippen LogP contribution in [0.1, 0.15) is 53.8 Å². The molecule has 0 bridgehead atoms. The van der Waals surface area contributed by atoms with Crippen molar-refractivity contribution in [1.29, 1.82) is 0 Å². The third-order valence-electron chi connectivity index (χ3n) is 6.93. The SMILES string of the molecule is CC1=NC(C(=O)N2CCCC[C@H]2Cc2cn3cc(Br)c(C)c(C)c3n2)C(c2ccccc2)S1. The Balaban J connectivity index is 1.40. The van der Waals surface area contributed by atoms with Gasteiger partial charge in [-0.15, -0.1) is 11.8 Å². The maximum atomic E-state index is 13.8. The highest BCUT2D eigenvalue weighted by Crippen LogP contribution is 2.41. The zero-order chi connectivity index (χ0) is 23.1. The van der Waals surface area contributed by atoms with E-state index in [9.17, 15) is 4.79 Å². The Morgan fingerprint density at radius 1 is 1.12 bits per heavy atom. The molecule has 2 aliphatic heterocycles. The van der Waals surface area contributed by atoms with Crippen LogP contribution in [0.15, 0.2) is 52.2 Å². The lowest BCUT2D eigenvalue weighted by Crippen LogP contribution is -2.49. The lowest BCUT2D eigenvalue weighted by molar-refractivity contribution is -0.136. The highest BCUT2D eigenvalue weighted by molar-refractivity contribution is 9.10. The van der Waals surface area contributed by atoms with Crippen molar-refractivity contribution in [1.82, 2.24) is 14.3 Å². The van der Waals surface area contributed by atoms with E-state index in [1.54, 1.807) is 11.8 Å². The van der Waals surface area contributed by atoms with Gasteiger partial charge in [-0.25, -0.2) is 4.98 Å². The molecule has 2 aromatic heterocycles. The molecule has 5 nitrogen and oxygen atoms in total. The van der Waals surface area contributed by atoms with E-state index < -0.39 is 0 Å². The van der Waals surface area contributed by atoms with Crippen LogP contribution in [0.4, 0.5) is 0 Å². The summed E-state index contributed by atoms with van der Waals surface area (Å²) in [6, 6.07) is 10.1. The molecule has 5 rings (SSSR count). The Kier molecular flexibility index (Phi) is 6.36. The molecule has 172 valence electrons. The predicted molar refractivity (Wildman–Crippen MR) is 139 cm³/mol. The van der Waals surface area contributed by atoms with Crippen molar-refractivity contribution >= 4 is 44.3 Å². The molecule has 2 unspecified atom stereocenters. The summed E-state index contributed by atoms with van der Waals surface area (Å²) in [5.74, 6) is 0.163. The molecule has 7 heteroatoms. The second kappa shape index (κ2) is 9.26. The van der Waals surface area contributed by atoms with Gasteiger partial charge in [0.1, 0.15) is 11.7 Å². The lowest BCUT2D eigenvalue weighted by Gasteiger charge is -2.37. The van der Waals surface area contributed by atoms with Gasteiger partial charge in [-0.3, -0.25) is 9.79 Å². The van der Waals surface area contributed by atoms with Crippen LogP contribution in [0.2, 0.25) is 0 Å². The minimum atomic E-state index is -0.347. The molecule has 1 aromatic carbocycles. The number of nitrogens with zero attached hydrogens (tertiary/aromatic N) is 4. The molecule has 0 spiro atoms. The quantitative estimate of drug-likeness (QED) is 0.426. The molecule has 1 saturated heterocycles. The second-order valence-electron chi connectivity index (χ2n) is 9.12. The number of hydrogen-bond donors (Lipinski definition) is 0. The van der Waals surface area contributed by atoms with Gasteiger partial charge in [0.15, 0.2) is 0 Å². The molecule has 3 atom stereocenters. The van der Waals surface area contributed by atoms with E-state index in [1.807, 2.05) is 25.1 Å². The van der Waals surface area contributed by atoms with E-state index in [4.69, 9.17) is 9.98 Å². The maximum absolute atomic E-state index is 13.8. The van der Waals surface area contributed by atoms with Crippen LogP contribution in [-0.4, -0.2) is 43.9 Å². The van der Waals surface area contributed by atoms with Gasteiger partial charge in [0.2, 0.25) is 5.91 Å². The minimum Gasteiger partial charge on any atom is -0.337 e. The number of rotatable bonds is 4. The number of pyridine rings is 1. The molecule has 0 N–H and O–H groups in total. The van der Waals surface area contributed by atoms with Gasteiger partial charge in [-0.1, -0.05) is 30.3 Å². The molecular weight excluding hydrogens is 496 g/mol. The monoisotopic (exact) mass is 524 g/mol. The Bertz CT molecular complexity index is 1220. The summed E-state index contributed by atoms with van der Waals surface area (Å²) in [7, 11) is 0. The third-order valence-corrected chi connectivity index (χ3v) is 8.96. The van der Waals surface area contributed by atoms with Gasteiger partial charge in [0, 0.05) is 35.9 Å². The smallest absolute Gasteiger partial charge is 0.249 e. The molecule has 0 aliphatic carbocycles. The van der Waals surface area contributed by atoms with Gasteiger partial charge in [-0.05, 0) is 72.7 Å². The van der Waals surface area contributed by atoms with Gasteiger partial charge in [0.25, 0.3) is 0 Å². The fourth-order valence-corrected chi connectivity index (χ4v) is 6.68. The number of likely N-dealkylation sites (tertiary alicyclic amines) is 1.